The molecular weight excluding hydrogens is 186 g/mol. The van der Waals surface area contributed by atoms with Crippen molar-refractivity contribution in [1.82, 2.24) is 4.98 Å². The van der Waals surface area contributed by atoms with Crippen LogP contribution in [0.25, 0.3) is 0 Å². The Labute approximate surface area is 81.1 Å². The van der Waals surface area contributed by atoms with E-state index in [2.05, 4.69) is 4.98 Å². The summed E-state index contributed by atoms with van der Waals surface area (Å²) in [5, 5.41) is 0. The lowest BCUT2D eigenvalue weighted by Gasteiger charge is -2.10. The smallest absolute Gasteiger partial charge is 0.149 e. The van der Waals surface area contributed by atoms with Crippen molar-refractivity contribution in [1.29, 1.82) is 0 Å². The number of hydrogen-bond acceptors (Lipinski definition) is 2. The Morgan fingerprint density at radius 1 is 1.50 bits per heavy atom. The number of nitrogens with two attached hydrogens (primary N) is 1. The minimum absolute atomic E-state index is 0.179. The molecule has 1 saturated carbocycles. The van der Waals surface area contributed by atoms with Gasteiger partial charge in [-0.2, -0.15) is 0 Å². The fourth-order valence-corrected chi connectivity index (χ4v) is 1.52. The van der Waals surface area contributed by atoms with Gasteiger partial charge in [-0.05, 0) is 12.3 Å². The summed E-state index contributed by atoms with van der Waals surface area (Å²) in [6.45, 7) is 0. The van der Waals surface area contributed by atoms with Gasteiger partial charge in [0.1, 0.15) is 11.6 Å². The van der Waals surface area contributed by atoms with Gasteiger partial charge in [-0.25, -0.2) is 8.78 Å². The molecule has 0 amide bonds. The summed E-state index contributed by atoms with van der Waals surface area (Å²) in [4.78, 5) is 3.68. The minimum Gasteiger partial charge on any atom is -0.323 e. The van der Waals surface area contributed by atoms with E-state index in [1.165, 1.54) is 0 Å². The number of rotatable bonds is 3. The molecule has 0 aliphatic heterocycles. The van der Waals surface area contributed by atoms with Crippen LogP contribution in [0, 0.1) is 17.6 Å². The highest BCUT2D eigenvalue weighted by Gasteiger charge is 2.26. The molecule has 1 aliphatic rings. The van der Waals surface area contributed by atoms with E-state index in [1.807, 2.05) is 0 Å². The van der Waals surface area contributed by atoms with Crippen molar-refractivity contribution >= 4 is 0 Å². The average Bonchev–Trinajstić information content (AvgIpc) is 2.87. The van der Waals surface area contributed by atoms with Gasteiger partial charge in [-0.3, -0.25) is 4.98 Å². The Morgan fingerprint density at radius 3 is 2.79 bits per heavy atom. The lowest BCUT2D eigenvalue weighted by Crippen LogP contribution is -2.15. The molecule has 2 nitrogen and oxygen atoms in total. The molecule has 76 valence electrons. The Bertz CT molecular complexity index is 337. The SMILES string of the molecule is N[C@H](CC1CC1)c1ncc(F)cc1F. The van der Waals surface area contributed by atoms with Gasteiger partial charge in [0.05, 0.1) is 17.9 Å². The second kappa shape index (κ2) is 3.61. The molecule has 2 N–H and O–H groups in total. The zero-order valence-corrected chi connectivity index (χ0v) is 7.71. The predicted molar refractivity (Wildman–Crippen MR) is 48.4 cm³/mol. The lowest BCUT2D eigenvalue weighted by atomic mass is 10.1. The number of nitrogens with zero attached hydrogens (tertiary/aromatic N) is 1. The number of pyridine rings is 1. The third kappa shape index (κ3) is 2.07. The van der Waals surface area contributed by atoms with Gasteiger partial charge in [-0.1, -0.05) is 12.8 Å². The van der Waals surface area contributed by atoms with Gasteiger partial charge in [0.15, 0.2) is 0 Å². The summed E-state index contributed by atoms with van der Waals surface area (Å²) in [5.74, 6) is -0.695. The Morgan fingerprint density at radius 2 is 2.21 bits per heavy atom. The molecule has 14 heavy (non-hydrogen) atoms. The molecule has 0 spiro atoms. The quantitative estimate of drug-likeness (QED) is 0.808. The highest BCUT2D eigenvalue weighted by atomic mass is 19.1. The molecule has 0 bridgehead atoms. The van der Waals surface area contributed by atoms with Crippen LogP contribution in [0.3, 0.4) is 0 Å². The van der Waals surface area contributed by atoms with Crippen LogP contribution in [-0.4, -0.2) is 4.98 Å². The monoisotopic (exact) mass is 198 g/mol. The average molecular weight is 198 g/mol. The number of hydrogen-bond donors (Lipinski definition) is 1. The first-order valence-electron chi connectivity index (χ1n) is 4.73. The van der Waals surface area contributed by atoms with Crippen molar-refractivity contribution in [3.63, 3.8) is 0 Å². The maximum atomic E-state index is 13.2. The lowest BCUT2D eigenvalue weighted by molar-refractivity contribution is 0.510. The molecule has 0 saturated heterocycles. The van der Waals surface area contributed by atoms with Crippen LogP contribution in [0.15, 0.2) is 12.3 Å². The van der Waals surface area contributed by atoms with Crippen molar-refractivity contribution in [2.75, 3.05) is 0 Å². The summed E-state index contributed by atoms with van der Waals surface area (Å²) in [6, 6.07) is 0.429. The minimum atomic E-state index is -0.662. The summed E-state index contributed by atoms with van der Waals surface area (Å²) in [7, 11) is 0. The second-order valence-electron chi connectivity index (χ2n) is 3.81. The van der Waals surface area contributed by atoms with Crippen LogP contribution in [0.5, 0.6) is 0 Å². The first-order valence-corrected chi connectivity index (χ1v) is 4.73. The first-order chi connectivity index (χ1) is 6.66. The van der Waals surface area contributed by atoms with Crippen molar-refractivity contribution in [3.05, 3.63) is 29.6 Å². The van der Waals surface area contributed by atoms with Crippen LogP contribution in [0.4, 0.5) is 8.78 Å². The standard InChI is InChI=1S/C10H12F2N2/c11-7-4-8(12)10(14-5-7)9(13)3-6-1-2-6/h4-6,9H,1-3,13H2/t9-/m1/s1. The van der Waals surface area contributed by atoms with E-state index < -0.39 is 17.7 Å². The molecule has 0 aromatic carbocycles. The topological polar surface area (TPSA) is 38.9 Å². The molecule has 2 rings (SSSR count). The van der Waals surface area contributed by atoms with E-state index in [-0.39, 0.29) is 5.69 Å². The molecule has 1 heterocycles. The normalized spacial score (nSPS) is 18.2. The summed E-state index contributed by atoms with van der Waals surface area (Å²) in [6.07, 6.45) is 4.08. The Hall–Kier alpha value is -1.03. The maximum absolute atomic E-state index is 13.2. The molecule has 1 aromatic rings. The number of halogens is 2. The van der Waals surface area contributed by atoms with Crippen molar-refractivity contribution in [3.8, 4) is 0 Å². The second-order valence-corrected chi connectivity index (χ2v) is 3.81. The molecule has 1 aromatic heterocycles. The van der Waals surface area contributed by atoms with E-state index in [0.29, 0.717) is 5.92 Å². The predicted octanol–water partition coefficient (Wildman–Crippen LogP) is 2.16. The van der Waals surface area contributed by atoms with Crippen LogP contribution >= 0.6 is 0 Å². The molecular formula is C10H12F2N2. The fraction of sp³-hybridized carbons (Fsp3) is 0.500. The van der Waals surface area contributed by atoms with E-state index in [9.17, 15) is 8.78 Å². The van der Waals surface area contributed by atoms with E-state index in [0.717, 1.165) is 31.5 Å². The first kappa shape index (κ1) is 9.52. The van der Waals surface area contributed by atoms with E-state index in [4.69, 9.17) is 5.73 Å². The zero-order valence-electron chi connectivity index (χ0n) is 7.71. The van der Waals surface area contributed by atoms with Gasteiger partial charge in [-0.15, -0.1) is 0 Å². The van der Waals surface area contributed by atoms with Gasteiger partial charge in [0.2, 0.25) is 0 Å². The van der Waals surface area contributed by atoms with Gasteiger partial charge in [0, 0.05) is 6.07 Å². The third-order valence-corrected chi connectivity index (χ3v) is 2.47. The summed E-state index contributed by atoms with van der Waals surface area (Å²) >= 11 is 0. The fourth-order valence-electron chi connectivity index (χ4n) is 1.52. The van der Waals surface area contributed by atoms with Crippen LogP contribution < -0.4 is 5.73 Å². The van der Waals surface area contributed by atoms with Crippen LogP contribution in [0.1, 0.15) is 31.0 Å². The van der Waals surface area contributed by atoms with Crippen LogP contribution in [-0.2, 0) is 0 Å². The molecule has 0 radical (unpaired) electrons. The van der Waals surface area contributed by atoms with Gasteiger partial charge < -0.3 is 5.73 Å². The van der Waals surface area contributed by atoms with Crippen molar-refractivity contribution < 1.29 is 8.78 Å². The van der Waals surface area contributed by atoms with E-state index in [1.54, 1.807) is 0 Å². The highest BCUT2D eigenvalue weighted by molar-refractivity contribution is 5.12. The van der Waals surface area contributed by atoms with Crippen molar-refractivity contribution in [2.24, 2.45) is 11.7 Å². The zero-order chi connectivity index (χ0) is 10.1. The highest BCUT2D eigenvalue weighted by Crippen LogP contribution is 2.36. The van der Waals surface area contributed by atoms with Gasteiger partial charge >= 0.3 is 0 Å². The molecule has 1 fully saturated rings. The van der Waals surface area contributed by atoms with Crippen LogP contribution in [0.2, 0.25) is 0 Å². The van der Waals surface area contributed by atoms with E-state index >= 15 is 0 Å². The maximum Gasteiger partial charge on any atom is 0.149 e. The molecule has 0 unspecified atom stereocenters. The third-order valence-electron chi connectivity index (χ3n) is 2.47. The summed E-state index contributed by atoms with van der Waals surface area (Å²) in [5.41, 5.74) is 5.94. The number of aromatic nitrogens is 1. The molecule has 1 atom stereocenters. The molecule has 4 heteroatoms. The van der Waals surface area contributed by atoms with Crippen molar-refractivity contribution in [2.45, 2.75) is 25.3 Å². The summed E-state index contributed by atoms with van der Waals surface area (Å²) < 4.78 is 25.7. The Balaban J connectivity index is 2.13. The Kier molecular flexibility index (Phi) is 2.46. The largest absolute Gasteiger partial charge is 0.323 e. The molecule has 1 aliphatic carbocycles. The van der Waals surface area contributed by atoms with Gasteiger partial charge in [0.25, 0.3) is 0 Å².